The van der Waals surface area contributed by atoms with Crippen molar-refractivity contribution in [1.82, 2.24) is 0 Å². The highest BCUT2D eigenvalue weighted by Gasteiger charge is 2.26. The van der Waals surface area contributed by atoms with Gasteiger partial charge in [-0.05, 0) is 31.6 Å². The normalized spacial score (nSPS) is 30.2. The van der Waals surface area contributed by atoms with E-state index in [9.17, 15) is 5.11 Å². The van der Waals surface area contributed by atoms with Gasteiger partial charge >= 0.3 is 0 Å². The van der Waals surface area contributed by atoms with Crippen molar-refractivity contribution in [3.05, 3.63) is 0 Å². The zero-order valence-electron chi connectivity index (χ0n) is 9.54. The van der Waals surface area contributed by atoms with E-state index in [1.807, 2.05) is 0 Å². The molecule has 3 atom stereocenters. The Bertz CT molecular complexity index is 147. The molecule has 0 saturated heterocycles. The summed E-state index contributed by atoms with van der Waals surface area (Å²) in [5, 5.41) is 9.96. The van der Waals surface area contributed by atoms with Gasteiger partial charge in [-0.15, -0.1) is 0 Å². The maximum Gasteiger partial charge on any atom is 0.0575 e. The summed E-state index contributed by atoms with van der Waals surface area (Å²) in [6.45, 7) is 2.17. The molecule has 0 heterocycles. The lowest BCUT2D eigenvalue weighted by atomic mass is 9.82. The third-order valence-electron chi connectivity index (χ3n) is 3.40. The number of aliphatic hydroxyl groups is 1. The number of methoxy groups -OCH3 is 1. The lowest BCUT2D eigenvalue weighted by Gasteiger charge is -2.31. The Morgan fingerprint density at radius 3 is 2.86 bits per heavy atom. The molecule has 1 fully saturated rings. The topological polar surface area (TPSA) is 29.5 Å². The first-order chi connectivity index (χ1) is 6.77. The zero-order chi connectivity index (χ0) is 10.4. The van der Waals surface area contributed by atoms with Crippen LogP contribution in [0.5, 0.6) is 0 Å². The second-order valence-electron chi connectivity index (χ2n) is 4.49. The van der Waals surface area contributed by atoms with E-state index < -0.39 is 0 Å². The maximum atomic E-state index is 9.96. The summed E-state index contributed by atoms with van der Waals surface area (Å²) in [6.07, 6.45) is 8.23. The van der Waals surface area contributed by atoms with Crippen LogP contribution in [-0.2, 0) is 4.74 Å². The molecule has 1 N–H and O–H groups in total. The molecule has 1 saturated carbocycles. The van der Waals surface area contributed by atoms with Crippen molar-refractivity contribution >= 4 is 0 Å². The molecule has 0 spiro atoms. The van der Waals surface area contributed by atoms with Gasteiger partial charge in [0.15, 0.2) is 0 Å². The summed E-state index contributed by atoms with van der Waals surface area (Å²) in [5.74, 6) is 0.486. The summed E-state index contributed by atoms with van der Waals surface area (Å²) in [6, 6.07) is 0. The summed E-state index contributed by atoms with van der Waals surface area (Å²) in [5.41, 5.74) is 0. The lowest BCUT2D eigenvalue weighted by molar-refractivity contribution is 0.00333. The molecule has 0 aliphatic heterocycles. The van der Waals surface area contributed by atoms with E-state index in [4.69, 9.17) is 4.74 Å². The average Bonchev–Trinajstić information content (AvgIpc) is 2.26. The fourth-order valence-corrected chi connectivity index (χ4v) is 2.39. The highest BCUT2D eigenvalue weighted by atomic mass is 16.5. The minimum Gasteiger partial charge on any atom is -0.393 e. The van der Waals surface area contributed by atoms with Crippen LogP contribution in [0.2, 0.25) is 0 Å². The molecule has 2 heteroatoms. The molecule has 3 unspecified atom stereocenters. The molecular formula is C12H24O2. The smallest absolute Gasteiger partial charge is 0.0575 e. The second kappa shape index (κ2) is 6.41. The van der Waals surface area contributed by atoms with Crippen LogP contribution >= 0.6 is 0 Å². The SMILES string of the molecule is CCCCC(O)C1CCCC(OC)C1. The predicted octanol–water partition coefficient (Wildman–Crippen LogP) is 2.74. The largest absolute Gasteiger partial charge is 0.393 e. The van der Waals surface area contributed by atoms with Gasteiger partial charge in [0.1, 0.15) is 0 Å². The van der Waals surface area contributed by atoms with Crippen molar-refractivity contribution in [2.45, 2.75) is 64.1 Å². The Morgan fingerprint density at radius 2 is 2.21 bits per heavy atom. The minimum absolute atomic E-state index is 0.0899. The zero-order valence-corrected chi connectivity index (χ0v) is 9.54. The predicted molar refractivity (Wildman–Crippen MR) is 58.3 cm³/mol. The molecular weight excluding hydrogens is 176 g/mol. The fourth-order valence-electron chi connectivity index (χ4n) is 2.39. The van der Waals surface area contributed by atoms with Gasteiger partial charge in [0.05, 0.1) is 12.2 Å². The Morgan fingerprint density at radius 1 is 1.43 bits per heavy atom. The van der Waals surface area contributed by atoms with E-state index in [-0.39, 0.29) is 6.10 Å². The maximum absolute atomic E-state index is 9.96. The van der Waals surface area contributed by atoms with Crippen molar-refractivity contribution in [2.75, 3.05) is 7.11 Å². The van der Waals surface area contributed by atoms with Crippen LogP contribution in [0.25, 0.3) is 0 Å². The molecule has 14 heavy (non-hydrogen) atoms. The quantitative estimate of drug-likeness (QED) is 0.739. The average molecular weight is 200 g/mol. The lowest BCUT2D eigenvalue weighted by Crippen LogP contribution is -2.29. The van der Waals surface area contributed by atoms with Gasteiger partial charge in [-0.3, -0.25) is 0 Å². The van der Waals surface area contributed by atoms with Gasteiger partial charge in [0, 0.05) is 7.11 Å². The third-order valence-corrected chi connectivity index (χ3v) is 3.40. The van der Waals surface area contributed by atoms with Gasteiger partial charge in [-0.25, -0.2) is 0 Å². The van der Waals surface area contributed by atoms with Crippen LogP contribution in [0.3, 0.4) is 0 Å². The Kier molecular flexibility index (Phi) is 5.49. The van der Waals surface area contributed by atoms with Crippen molar-refractivity contribution in [1.29, 1.82) is 0 Å². The van der Waals surface area contributed by atoms with Crippen LogP contribution in [0.1, 0.15) is 51.9 Å². The van der Waals surface area contributed by atoms with Crippen LogP contribution in [0.4, 0.5) is 0 Å². The minimum atomic E-state index is -0.0899. The van der Waals surface area contributed by atoms with Gasteiger partial charge in [-0.1, -0.05) is 26.2 Å². The van der Waals surface area contributed by atoms with E-state index in [1.54, 1.807) is 7.11 Å². The first-order valence-corrected chi connectivity index (χ1v) is 5.98. The van der Waals surface area contributed by atoms with Gasteiger partial charge in [-0.2, -0.15) is 0 Å². The fraction of sp³-hybridized carbons (Fsp3) is 1.00. The number of hydrogen-bond donors (Lipinski definition) is 1. The molecule has 0 radical (unpaired) electrons. The van der Waals surface area contributed by atoms with E-state index in [1.165, 1.54) is 25.7 Å². The number of aliphatic hydroxyl groups excluding tert-OH is 1. The molecule has 0 bridgehead atoms. The first-order valence-electron chi connectivity index (χ1n) is 5.98. The standard InChI is InChI=1S/C12H24O2/c1-3-4-8-12(13)10-6-5-7-11(9-10)14-2/h10-13H,3-9H2,1-2H3. The van der Waals surface area contributed by atoms with Crippen LogP contribution in [-0.4, -0.2) is 24.4 Å². The molecule has 1 rings (SSSR count). The molecule has 0 aromatic rings. The van der Waals surface area contributed by atoms with Gasteiger partial charge in [0.2, 0.25) is 0 Å². The number of unbranched alkanes of at least 4 members (excludes halogenated alkanes) is 1. The monoisotopic (exact) mass is 200 g/mol. The molecule has 84 valence electrons. The van der Waals surface area contributed by atoms with Crippen LogP contribution < -0.4 is 0 Å². The van der Waals surface area contributed by atoms with Gasteiger partial charge < -0.3 is 9.84 Å². The van der Waals surface area contributed by atoms with E-state index in [2.05, 4.69) is 6.92 Å². The summed E-state index contributed by atoms with van der Waals surface area (Å²) in [4.78, 5) is 0. The Labute approximate surface area is 87.7 Å². The van der Waals surface area contributed by atoms with E-state index >= 15 is 0 Å². The summed E-state index contributed by atoms with van der Waals surface area (Å²) >= 11 is 0. The first kappa shape index (κ1) is 12.0. The number of rotatable bonds is 5. The molecule has 1 aliphatic rings. The summed E-state index contributed by atoms with van der Waals surface area (Å²) in [7, 11) is 1.78. The molecule has 0 amide bonds. The molecule has 2 nitrogen and oxygen atoms in total. The Hall–Kier alpha value is -0.0800. The second-order valence-corrected chi connectivity index (χ2v) is 4.49. The Balaban J connectivity index is 2.27. The van der Waals surface area contributed by atoms with Crippen molar-refractivity contribution < 1.29 is 9.84 Å². The van der Waals surface area contributed by atoms with E-state index in [0.29, 0.717) is 12.0 Å². The highest BCUT2D eigenvalue weighted by molar-refractivity contribution is 4.78. The van der Waals surface area contributed by atoms with Crippen molar-refractivity contribution in [3.63, 3.8) is 0 Å². The molecule has 1 aliphatic carbocycles. The van der Waals surface area contributed by atoms with Crippen LogP contribution in [0.15, 0.2) is 0 Å². The third kappa shape index (κ3) is 3.58. The van der Waals surface area contributed by atoms with Gasteiger partial charge in [0.25, 0.3) is 0 Å². The van der Waals surface area contributed by atoms with Crippen LogP contribution in [0, 0.1) is 5.92 Å². The summed E-state index contributed by atoms with van der Waals surface area (Å²) < 4.78 is 5.36. The molecule has 0 aromatic heterocycles. The number of hydrogen-bond acceptors (Lipinski definition) is 2. The van der Waals surface area contributed by atoms with Crippen molar-refractivity contribution in [3.8, 4) is 0 Å². The van der Waals surface area contributed by atoms with E-state index in [0.717, 1.165) is 19.3 Å². The number of ether oxygens (including phenoxy) is 1. The molecule has 0 aromatic carbocycles. The highest BCUT2D eigenvalue weighted by Crippen LogP contribution is 2.30. The van der Waals surface area contributed by atoms with Crippen molar-refractivity contribution in [2.24, 2.45) is 5.92 Å².